The van der Waals surface area contributed by atoms with E-state index >= 15 is 0 Å². The minimum Gasteiger partial charge on any atom is -0.481 e. The van der Waals surface area contributed by atoms with Crippen LogP contribution in [0.25, 0.3) is 17.1 Å². The third kappa shape index (κ3) is 3.24. The molecule has 0 saturated heterocycles. The molecule has 0 bridgehead atoms. The second-order valence-electron chi connectivity index (χ2n) is 5.05. The van der Waals surface area contributed by atoms with Gasteiger partial charge in [0.25, 0.3) is 0 Å². The van der Waals surface area contributed by atoms with Crippen molar-refractivity contribution in [1.82, 2.24) is 20.2 Å². The van der Waals surface area contributed by atoms with Crippen LogP contribution in [0.5, 0.6) is 0 Å². The van der Waals surface area contributed by atoms with Gasteiger partial charge in [-0.15, -0.1) is 5.10 Å². The molecule has 0 saturated carbocycles. The molecule has 0 unspecified atom stereocenters. The maximum absolute atomic E-state index is 10.7. The van der Waals surface area contributed by atoms with Gasteiger partial charge in [-0.25, -0.2) is 0 Å². The molecular weight excluding hydrogens is 294 g/mol. The molecule has 23 heavy (non-hydrogen) atoms. The van der Waals surface area contributed by atoms with Crippen LogP contribution in [0.3, 0.4) is 0 Å². The monoisotopic (exact) mass is 309 g/mol. The van der Waals surface area contributed by atoms with E-state index in [4.69, 9.17) is 10.8 Å². The van der Waals surface area contributed by atoms with Gasteiger partial charge in [-0.2, -0.15) is 4.68 Å². The lowest BCUT2D eigenvalue weighted by Crippen LogP contribution is -2.03. The molecule has 1 aromatic heterocycles. The molecule has 116 valence electrons. The maximum Gasteiger partial charge on any atom is 0.307 e. The van der Waals surface area contributed by atoms with Crippen LogP contribution in [-0.2, 0) is 17.8 Å². The van der Waals surface area contributed by atoms with Gasteiger partial charge >= 0.3 is 5.97 Å². The van der Waals surface area contributed by atoms with E-state index in [0.717, 1.165) is 22.4 Å². The number of nitrogens with zero attached hydrogens (tertiary/aromatic N) is 4. The van der Waals surface area contributed by atoms with Crippen LogP contribution >= 0.6 is 0 Å². The summed E-state index contributed by atoms with van der Waals surface area (Å²) in [4.78, 5) is 10.7. The summed E-state index contributed by atoms with van der Waals surface area (Å²) in [6.07, 6.45) is -0.0106. The second-order valence-corrected chi connectivity index (χ2v) is 5.05. The fraction of sp³-hybridized carbons (Fsp3) is 0.125. The highest BCUT2D eigenvalue weighted by molar-refractivity contribution is 5.70. The van der Waals surface area contributed by atoms with Crippen LogP contribution in [0, 0.1) is 0 Å². The molecule has 1 heterocycles. The van der Waals surface area contributed by atoms with Gasteiger partial charge in [-0.1, -0.05) is 36.4 Å². The number of benzene rings is 2. The molecule has 3 rings (SSSR count). The van der Waals surface area contributed by atoms with Crippen molar-refractivity contribution in [2.24, 2.45) is 5.73 Å². The highest BCUT2D eigenvalue weighted by atomic mass is 16.4. The Kier molecular flexibility index (Phi) is 4.11. The van der Waals surface area contributed by atoms with Gasteiger partial charge in [-0.3, -0.25) is 4.79 Å². The normalized spacial score (nSPS) is 10.7. The number of hydrogen-bond acceptors (Lipinski definition) is 5. The van der Waals surface area contributed by atoms with Crippen molar-refractivity contribution >= 4 is 5.97 Å². The van der Waals surface area contributed by atoms with E-state index < -0.39 is 5.97 Å². The molecule has 3 N–H and O–H groups in total. The summed E-state index contributed by atoms with van der Waals surface area (Å²) in [7, 11) is 0. The topological polar surface area (TPSA) is 107 Å². The molecule has 0 spiro atoms. The summed E-state index contributed by atoms with van der Waals surface area (Å²) >= 11 is 0. The van der Waals surface area contributed by atoms with Gasteiger partial charge in [0.15, 0.2) is 5.82 Å². The van der Waals surface area contributed by atoms with E-state index in [-0.39, 0.29) is 6.42 Å². The fourth-order valence-electron chi connectivity index (χ4n) is 2.26. The summed E-state index contributed by atoms with van der Waals surface area (Å²) in [5.41, 5.74) is 9.00. The third-order valence-electron chi connectivity index (χ3n) is 3.45. The average Bonchev–Trinajstić information content (AvgIpc) is 3.05. The number of carboxylic acids is 1. The number of rotatable bonds is 5. The first kappa shape index (κ1) is 14.9. The van der Waals surface area contributed by atoms with Crippen LogP contribution in [0.15, 0.2) is 48.5 Å². The average molecular weight is 309 g/mol. The lowest BCUT2D eigenvalue weighted by Gasteiger charge is -2.06. The van der Waals surface area contributed by atoms with E-state index in [9.17, 15) is 4.79 Å². The first-order chi connectivity index (χ1) is 11.2. The van der Waals surface area contributed by atoms with Crippen LogP contribution in [0.2, 0.25) is 0 Å². The van der Waals surface area contributed by atoms with Crippen LogP contribution < -0.4 is 5.73 Å². The summed E-state index contributed by atoms with van der Waals surface area (Å²) in [6, 6.07) is 14.8. The smallest absolute Gasteiger partial charge is 0.307 e. The van der Waals surface area contributed by atoms with E-state index in [1.807, 2.05) is 24.3 Å². The van der Waals surface area contributed by atoms with Gasteiger partial charge in [0.1, 0.15) is 0 Å². The van der Waals surface area contributed by atoms with Crippen molar-refractivity contribution in [3.8, 4) is 17.1 Å². The standard InChI is InChI=1S/C16H15N5O2/c17-10-12-1-5-13(6-2-12)16-18-19-20-21(16)14-7-3-11(4-8-14)9-15(22)23/h1-8H,9-10,17H2,(H,22,23). The predicted octanol–water partition coefficient (Wildman–Crippen LogP) is 1.42. The van der Waals surface area contributed by atoms with E-state index in [2.05, 4.69) is 15.5 Å². The Morgan fingerprint density at radius 3 is 2.30 bits per heavy atom. The molecule has 0 atom stereocenters. The van der Waals surface area contributed by atoms with Gasteiger partial charge in [0.2, 0.25) is 0 Å². The zero-order valence-electron chi connectivity index (χ0n) is 12.3. The maximum atomic E-state index is 10.7. The van der Waals surface area contributed by atoms with Crippen molar-refractivity contribution in [3.63, 3.8) is 0 Å². The van der Waals surface area contributed by atoms with Gasteiger partial charge in [0.05, 0.1) is 12.1 Å². The summed E-state index contributed by atoms with van der Waals surface area (Å²) < 4.78 is 1.61. The Balaban J connectivity index is 1.92. The molecule has 0 aliphatic heterocycles. The number of carboxylic acid groups (broad SMARTS) is 1. The molecule has 7 heteroatoms. The van der Waals surface area contributed by atoms with Crippen molar-refractivity contribution in [2.45, 2.75) is 13.0 Å². The molecule has 0 aliphatic rings. The number of aliphatic carboxylic acids is 1. The largest absolute Gasteiger partial charge is 0.481 e. The molecule has 2 aromatic carbocycles. The number of aromatic nitrogens is 4. The molecule has 0 radical (unpaired) electrons. The van der Waals surface area contributed by atoms with Crippen molar-refractivity contribution in [3.05, 3.63) is 59.7 Å². The second kappa shape index (κ2) is 6.37. The predicted molar refractivity (Wildman–Crippen MR) is 83.8 cm³/mol. The minimum atomic E-state index is -0.860. The molecular formula is C16H15N5O2. The fourth-order valence-corrected chi connectivity index (χ4v) is 2.26. The first-order valence-electron chi connectivity index (χ1n) is 7.06. The van der Waals surface area contributed by atoms with E-state index in [0.29, 0.717) is 12.4 Å². The molecule has 7 nitrogen and oxygen atoms in total. The van der Waals surface area contributed by atoms with Crippen molar-refractivity contribution in [1.29, 1.82) is 0 Å². The Hall–Kier alpha value is -3.06. The first-order valence-corrected chi connectivity index (χ1v) is 7.06. The Morgan fingerprint density at radius 1 is 1.04 bits per heavy atom. The number of carbonyl (C=O) groups is 1. The van der Waals surface area contributed by atoms with Gasteiger partial charge in [0, 0.05) is 12.1 Å². The number of tetrazole rings is 1. The van der Waals surface area contributed by atoms with Crippen LogP contribution in [0.1, 0.15) is 11.1 Å². The summed E-state index contributed by atoms with van der Waals surface area (Å²) in [5.74, 6) is -0.250. The zero-order chi connectivity index (χ0) is 16.2. The minimum absolute atomic E-state index is 0.0106. The highest BCUT2D eigenvalue weighted by Gasteiger charge is 2.11. The number of hydrogen-bond donors (Lipinski definition) is 2. The molecule has 0 fully saturated rings. The lowest BCUT2D eigenvalue weighted by atomic mass is 10.1. The van der Waals surface area contributed by atoms with Crippen molar-refractivity contribution < 1.29 is 9.90 Å². The van der Waals surface area contributed by atoms with Crippen molar-refractivity contribution in [2.75, 3.05) is 0 Å². The highest BCUT2D eigenvalue weighted by Crippen LogP contribution is 2.20. The molecule has 0 aliphatic carbocycles. The SMILES string of the molecule is NCc1ccc(-c2nnnn2-c2ccc(CC(=O)O)cc2)cc1. The lowest BCUT2D eigenvalue weighted by molar-refractivity contribution is -0.136. The Labute approximate surface area is 132 Å². The quantitative estimate of drug-likeness (QED) is 0.738. The van der Waals surface area contributed by atoms with Gasteiger partial charge < -0.3 is 10.8 Å². The van der Waals surface area contributed by atoms with E-state index in [1.54, 1.807) is 28.9 Å². The Bertz CT molecular complexity index is 809. The molecule has 3 aromatic rings. The Morgan fingerprint density at radius 2 is 1.70 bits per heavy atom. The molecule has 0 amide bonds. The van der Waals surface area contributed by atoms with Gasteiger partial charge in [-0.05, 0) is 33.7 Å². The van der Waals surface area contributed by atoms with Crippen LogP contribution in [0.4, 0.5) is 0 Å². The number of nitrogens with two attached hydrogens (primary N) is 1. The zero-order valence-corrected chi connectivity index (χ0v) is 12.3. The summed E-state index contributed by atoms with van der Waals surface area (Å²) in [6.45, 7) is 0.482. The third-order valence-corrected chi connectivity index (χ3v) is 3.45. The summed E-state index contributed by atoms with van der Waals surface area (Å²) in [5, 5.41) is 20.6. The van der Waals surface area contributed by atoms with Crippen LogP contribution in [-0.4, -0.2) is 31.3 Å². The van der Waals surface area contributed by atoms with E-state index in [1.165, 1.54) is 0 Å².